The molecule has 1 aliphatic rings. The molecule has 0 unspecified atom stereocenters. The van der Waals surface area contributed by atoms with Gasteiger partial charge >= 0.3 is 6.03 Å². The molecule has 6 nitrogen and oxygen atoms in total. The third kappa shape index (κ3) is 4.43. The summed E-state index contributed by atoms with van der Waals surface area (Å²) in [7, 11) is 0. The summed E-state index contributed by atoms with van der Waals surface area (Å²) < 4.78 is 7.57. The lowest BCUT2D eigenvalue weighted by atomic mass is 10.1. The second kappa shape index (κ2) is 8.66. The second-order valence-electron chi connectivity index (χ2n) is 7.72. The van der Waals surface area contributed by atoms with Gasteiger partial charge in [0.1, 0.15) is 0 Å². The van der Waals surface area contributed by atoms with Gasteiger partial charge in [0, 0.05) is 19.6 Å². The molecular weight excluding hydrogens is 364 g/mol. The minimum atomic E-state index is -0.131. The van der Waals surface area contributed by atoms with Crippen molar-refractivity contribution in [2.45, 2.75) is 38.9 Å². The van der Waals surface area contributed by atoms with Gasteiger partial charge in [-0.25, -0.2) is 14.3 Å². The fraction of sp³-hybridized carbons (Fsp3) is 0.391. The van der Waals surface area contributed by atoms with E-state index in [4.69, 9.17) is 9.72 Å². The van der Waals surface area contributed by atoms with Crippen molar-refractivity contribution in [1.29, 1.82) is 0 Å². The highest BCUT2D eigenvalue weighted by Gasteiger charge is 2.28. The molecule has 29 heavy (non-hydrogen) atoms. The third-order valence-electron chi connectivity index (χ3n) is 5.21. The van der Waals surface area contributed by atoms with E-state index in [0.29, 0.717) is 12.5 Å². The number of hydrogen-bond acceptors (Lipinski definition) is 4. The maximum absolute atomic E-state index is 13.1. The number of hydrogen-bond donors (Lipinski definition) is 1. The Morgan fingerprint density at radius 2 is 1.76 bits per heavy atom. The van der Waals surface area contributed by atoms with Crippen LogP contribution in [0, 0.1) is 0 Å². The van der Waals surface area contributed by atoms with Crippen molar-refractivity contribution >= 4 is 23.0 Å². The Kier molecular flexibility index (Phi) is 5.81. The zero-order valence-corrected chi connectivity index (χ0v) is 17.0. The number of rotatable bonds is 5. The molecule has 1 aromatic heterocycles. The van der Waals surface area contributed by atoms with E-state index in [1.54, 1.807) is 4.57 Å². The van der Waals surface area contributed by atoms with Gasteiger partial charge in [0.25, 0.3) is 0 Å². The topological polar surface area (TPSA) is 59.4 Å². The first-order valence-electron chi connectivity index (χ1n) is 10.3. The summed E-state index contributed by atoms with van der Waals surface area (Å²) in [5.41, 5.74) is 2.94. The van der Waals surface area contributed by atoms with Crippen LogP contribution in [-0.2, 0) is 11.2 Å². The van der Waals surface area contributed by atoms with E-state index in [-0.39, 0.29) is 18.2 Å². The number of imidazole rings is 1. The molecule has 1 aliphatic heterocycles. The van der Waals surface area contributed by atoms with Crippen LogP contribution >= 0.6 is 0 Å². The summed E-state index contributed by atoms with van der Waals surface area (Å²) in [5.74, 6) is 0.689. The molecule has 1 N–H and O–H groups in total. The Labute approximate surface area is 171 Å². The number of aryl methyl sites for hydroxylation is 1. The summed E-state index contributed by atoms with van der Waals surface area (Å²) in [4.78, 5) is 20.0. The van der Waals surface area contributed by atoms with E-state index in [1.165, 1.54) is 5.56 Å². The molecule has 3 aromatic rings. The van der Waals surface area contributed by atoms with Crippen LogP contribution in [0.4, 0.5) is 10.7 Å². The molecule has 0 bridgehead atoms. The first-order chi connectivity index (χ1) is 14.1. The zero-order chi connectivity index (χ0) is 20.2. The molecule has 152 valence electrons. The highest BCUT2D eigenvalue weighted by molar-refractivity contribution is 5.93. The number of benzene rings is 2. The predicted octanol–water partition coefficient (Wildman–Crippen LogP) is 3.84. The zero-order valence-electron chi connectivity index (χ0n) is 17.0. The summed E-state index contributed by atoms with van der Waals surface area (Å²) in [5, 5.41) is 3.08. The molecule has 0 aliphatic carbocycles. The maximum atomic E-state index is 13.1. The van der Waals surface area contributed by atoms with Crippen molar-refractivity contribution in [2.75, 3.05) is 24.5 Å². The number of carbonyl (C=O) groups is 1. The Morgan fingerprint density at radius 1 is 1.07 bits per heavy atom. The van der Waals surface area contributed by atoms with Crippen LogP contribution in [0.3, 0.4) is 0 Å². The smallest absolute Gasteiger partial charge is 0.328 e. The number of amides is 1. The SMILES string of the molecule is C[C@@H]1CN(c2nc3ccccc3n2C(=O)NCCCc2ccccc2)C[C@H](C)O1. The largest absolute Gasteiger partial charge is 0.372 e. The van der Waals surface area contributed by atoms with Crippen LogP contribution in [0.25, 0.3) is 11.0 Å². The van der Waals surface area contributed by atoms with E-state index in [1.807, 2.05) is 42.5 Å². The Bertz CT molecular complexity index is 959. The number of para-hydroxylation sites is 2. The Balaban J connectivity index is 1.51. The van der Waals surface area contributed by atoms with Gasteiger partial charge in [-0.3, -0.25) is 0 Å². The van der Waals surface area contributed by atoms with Gasteiger partial charge in [-0.1, -0.05) is 42.5 Å². The predicted molar refractivity (Wildman–Crippen MR) is 116 cm³/mol. The standard InChI is InChI=1S/C23H28N4O2/c1-17-15-26(16-18(2)29-17)22-25-20-12-6-7-13-21(20)27(22)23(28)24-14-8-11-19-9-4-3-5-10-19/h3-7,9-10,12-13,17-18H,8,11,14-16H2,1-2H3,(H,24,28)/t17-,18+. The van der Waals surface area contributed by atoms with E-state index in [0.717, 1.165) is 37.0 Å². The number of ether oxygens (including phenoxy) is 1. The lowest BCUT2D eigenvalue weighted by molar-refractivity contribution is -0.00579. The lowest BCUT2D eigenvalue weighted by Gasteiger charge is -2.35. The molecule has 2 heterocycles. The molecule has 2 aromatic carbocycles. The summed E-state index contributed by atoms with van der Waals surface area (Å²) in [6.45, 7) is 6.16. The van der Waals surface area contributed by atoms with Crippen molar-refractivity contribution in [3.8, 4) is 0 Å². The molecule has 0 saturated carbocycles. The highest BCUT2D eigenvalue weighted by atomic mass is 16.5. The van der Waals surface area contributed by atoms with Crippen molar-refractivity contribution in [3.05, 3.63) is 60.2 Å². The van der Waals surface area contributed by atoms with Crippen LogP contribution in [-0.4, -0.2) is 47.4 Å². The number of nitrogens with zero attached hydrogens (tertiary/aromatic N) is 3. The average Bonchev–Trinajstić information content (AvgIpc) is 3.11. The van der Waals surface area contributed by atoms with E-state index < -0.39 is 0 Å². The molecule has 0 radical (unpaired) electrons. The average molecular weight is 393 g/mol. The van der Waals surface area contributed by atoms with Crippen molar-refractivity contribution in [1.82, 2.24) is 14.9 Å². The van der Waals surface area contributed by atoms with Crippen molar-refractivity contribution < 1.29 is 9.53 Å². The Hall–Kier alpha value is -2.86. The minimum absolute atomic E-state index is 0.0981. The van der Waals surface area contributed by atoms with Gasteiger partial charge in [-0.2, -0.15) is 0 Å². The molecule has 0 spiro atoms. The Morgan fingerprint density at radius 3 is 2.52 bits per heavy atom. The number of morpholine rings is 1. The summed E-state index contributed by atoms with van der Waals surface area (Å²) in [6, 6.07) is 18.0. The third-order valence-corrected chi connectivity index (χ3v) is 5.21. The quantitative estimate of drug-likeness (QED) is 0.670. The van der Waals surface area contributed by atoms with Gasteiger partial charge in [0.15, 0.2) is 0 Å². The number of nitrogens with one attached hydrogen (secondary N) is 1. The van der Waals surface area contributed by atoms with E-state index in [9.17, 15) is 4.79 Å². The van der Waals surface area contributed by atoms with Gasteiger partial charge in [0.2, 0.25) is 5.95 Å². The molecule has 6 heteroatoms. The van der Waals surface area contributed by atoms with E-state index >= 15 is 0 Å². The number of anilines is 1. The van der Waals surface area contributed by atoms with Gasteiger partial charge in [-0.15, -0.1) is 0 Å². The highest BCUT2D eigenvalue weighted by Crippen LogP contribution is 2.25. The van der Waals surface area contributed by atoms with Crippen molar-refractivity contribution in [2.24, 2.45) is 0 Å². The molecular formula is C23H28N4O2. The number of carbonyl (C=O) groups excluding carboxylic acids is 1. The van der Waals surface area contributed by atoms with Crippen LogP contribution in [0.5, 0.6) is 0 Å². The normalized spacial score (nSPS) is 19.4. The van der Waals surface area contributed by atoms with Gasteiger partial charge in [0.05, 0.1) is 23.2 Å². The summed E-state index contributed by atoms with van der Waals surface area (Å²) in [6.07, 6.45) is 2.03. The minimum Gasteiger partial charge on any atom is -0.372 e. The first-order valence-corrected chi connectivity index (χ1v) is 10.3. The molecule has 4 rings (SSSR count). The monoisotopic (exact) mass is 392 g/mol. The molecule has 1 fully saturated rings. The molecule has 1 amide bonds. The fourth-order valence-electron chi connectivity index (χ4n) is 3.98. The maximum Gasteiger partial charge on any atom is 0.328 e. The van der Waals surface area contributed by atoms with Crippen LogP contribution in [0.15, 0.2) is 54.6 Å². The van der Waals surface area contributed by atoms with Gasteiger partial charge in [-0.05, 0) is 44.4 Å². The molecule has 2 atom stereocenters. The summed E-state index contributed by atoms with van der Waals surface area (Å²) >= 11 is 0. The first kappa shape index (κ1) is 19.5. The lowest BCUT2D eigenvalue weighted by Crippen LogP contribution is -2.47. The van der Waals surface area contributed by atoms with Crippen LogP contribution in [0.1, 0.15) is 25.8 Å². The van der Waals surface area contributed by atoms with Gasteiger partial charge < -0.3 is 15.0 Å². The fourth-order valence-corrected chi connectivity index (χ4v) is 3.98. The molecule has 1 saturated heterocycles. The van der Waals surface area contributed by atoms with Crippen LogP contribution in [0.2, 0.25) is 0 Å². The van der Waals surface area contributed by atoms with Crippen LogP contribution < -0.4 is 10.2 Å². The number of aromatic nitrogens is 2. The van der Waals surface area contributed by atoms with Crippen molar-refractivity contribution in [3.63, 3.8) is 0 Å². The number of fused-ring (bicyclic) bond motifs is 1. The second-order valence-corrected chi connectivity index (χ2v) is 7.72. The van der Waals surface area contributed by atoms with E-state index in [2.05, 4.69) is 36.2 Å².